The highest BCUT2D eigenvalue weighted by molar-refractivity contribution is 5.42. The summed E-state index contributed by atoms with van der Waals surface area (Å²) in [7, 11) is 0. The molecule has 1 aromatic carbocycles. The Morgan fingerprint density at radius 3 is 2.90 bits per heavy atom. The van der Waals surface area contributed by atoms with Crippen LogP contribution in [0.25, 0.3) is 0 Å². The van der Waals surface area contributed by atoms with Gasteiger partial charge in [0.1, 0.15) is 0 Å². The van der Waals surface area contributed by atoms with E-state index in [2.05, 4.69) is 0 Å². The van der Waals surface area contributed by atoms with E-state index >= 15 is 0 Å². The molecule has 1 fully saturated rings. The van der Waals surface area contributed by atoms with E-state index < -0.39 is 0 Å². The topological polar surface area (TPSA) is 47.9 Å². The van der Waals surface area contributed by atoms with E-state index in [1.807, 2.05) is 25.1 Å². The van der Waals surface area contributed by atoms with Gasteiger partial charge in [-0.1, -0.05) is 6.07 Å². The smallest absolute Gasteiger partial charge is 0.161 e. The lowest BCUT2D eigenvalue weighted by molar-refractivity contribution is 0.0979. The quantitative estimate of drug-likeness (QED) is 0.744. The van der Waals surface area contributed by atoms with Crippen molar-refractivity contribution in [3.8, 4) is 11.5 Å². The van der Waals surface area contributed by atoms with Crippen molar-refractivity contribution < 1.29 is 19.3 Å². The SMILES string of the molecule is CCOc1cc(CO)ccc1OCCCC1CCCO1. The van der Waals surface area contributed by atoms with Gasteiger partial charge in [0.05, 0.1) is 25.9 Å². The van der Waals surface area contributed by atoms with Crippen molar-refractivity contribution in [3.05, 3.63) is 23.8 Å². The summed E-state index contributed by atoms with van der Waals surface area (Å²) in [6.45, 7) is 4.11. The highest BCUT2D eigenvalue weighted by Gasteiger charge is 2.15. The number of aliphatic hydroxyl groups is 1. The van der Waals surface area contributed by atoms with Gasteiger partial charge in [-0.2, -0.15) is 0 Å². The zero-order valence-electron chi connectivity index (χ0n) is 12.1. The third-order valence-electron chi connectivity index (χ3n) is 3.44. The van der Waals surface area contributed by atoms with E-state index in [1.54, 1.807) is 0 Å². The molecule has 0 radical (unpaired) electrons. The molecule has 0 bridgehead atoms. The molecule has 2 rings (SSSR count). The first-order valence-electron chi connectivity index (χ1n) is 7.44. The Bertz CT molecular complexity index is 399. The summed E-state index contributed by atoms with van der Waals surface area (Å²) >= 11 is 0. The van der Waals surface area contributed by atoms with Crippen molar-refractivity contribution in [2.75, 3.05) is 19.8 Å². The molecule has 1 heterocycles. The van der Waals surface area contributed by atoms with Crippen molar-refractivity contribution in [1.82, 2.24) is 0 Å². The number of hydrogen-bond donors (Lipinski definition) is 1. The summed E-state index contributed by atoms with van der Waals surface area (Å²) in [5, 5.41) is 9.15. The lowest BCUT2D eigenvalue weighted by Crippen LogP contribution is -2.08. The largest absolute Gasteiger partial charge is 0.490 e. The molecule has 0 aromatic heterocycles. The molecule has 0 saturated carbocycles. The predicted molar refractivity (Wildman–Crippen MR) is 77.2 cm³/mol. The second-order valence-corrected chi connectivity index (χ2v) is 5.00. The van der Waals surface area contributed by atoms with Gasteiger partial charge in [0.15, 0.2) is 11.5 Å². The lowest BCUT2D eigenvalue weighted by Gasteiger charge is -2.14. The van der Waals surface area contributed by atoms with Crippen LogP contribution >= 0.6 is 0 Å². The molecule has 0 spiro atoms. The molecule has 1 aliphatic heterocycles. The van der Waals surface area contributed by atoms with Crippen LogP contribution in [0.3, 0.4) is 0 Å². The molecule has 112 valence electrons. The molecular weight excluding hydrogens is 256 g/mol. The number of benzene rings is 1. The van der Waals surface area contributed by atoms with Crippen LogP contribution in [-0.4, -0.2) is 31.0 Å². The molecular formula is C16H24O4. The Hall–Kier alpha value is -1.26. The molecule has 4 nitrogen and oxygen atoms in total. The van der Waals surface area contributed by atoms with Gasteiger partial charge in [0.25, 0.3) is 0 Å². The normalized spacial score (nSPS) is 18.2. The molecule has 1 aromatic rings. The minimum Gasteiger partial charge on any atom is -0.490 e. The Labute approximate surface area is 120 Å². The molecule has 4 heteroatoms. The van der Waals surface area contributed by atoms with Gasteiger partial charge < -0.3 is 19.3 Å². The van der Waals surface area contributed by atoms with E-state index in [-0.39, 0.29) is 6.61 Å². The zero-order chi connectivity index (χ0) is 14.2. The second kappa shape index (κ2) is 8.12. The standard InChI is InChI=1S/C16H24O4/c1-2-18-16-11-13(12-17)7-8-15(16)20-10-4-6-14-5-3-9-19-14/h7-8,11,14,17H,2-6,9-10,12H2,1H3. The van der Waals surface area contributed by atoms with Gasteiger partial charge in [0, 0.05) is 6.61 Å². The third-order valence-corrected chi connectivity index (χ3v) is 3.44. The van der Waals surface area contributed by atoms with Crippen LogP contribution in [0, 0.1) is 0 Å². The first-order valence-corrected chi connectivity index (χ1v) is 7.44. The number of rotatable bonds is 8. The third kappa shape index (κ3) is 4.39. The molecule has 1 unspecified atom stereocenters. The maximum absolute atomic E-state index is 9.15. The summed E-state index contributed by atoms with van der Waals surface area (Å²) < 4.78 is 16.9. The van der Waals surface area contributed by atoms with Gasteiger partial charge in [0.2, 0.25) is 0 Å². The van der Waals surface area contributed by atoms with Crippen molar-refractivity contribution in [2.45, 2.75) is 45.3 Å². The number of hydrogen-bond acceptors (Lipinski definition) is 4. The van der Waals surface area contributed by atoms with Crippen molar-refractivity contribution in [1.29, 1.82) is 0 Å². The molecule has 1 atom stereocenters. The molecule has 1 saturated heterocycles. The summed E-state index contributed by atoms with van der Waals surface area (Å²) in [6.07, 6.45) is 4.82. The number of aliphatic hydroxyl groups excluding tert-OH is 1. The fourth-order valence-electron chi connectivity index (χ4n) is 2.40. The first kappa shape index (κ1) is 15.1. The summed E-state index contributed by atoms with van der Waals surface area (Å²) in [4.78, 5) is 0. The van der Waals surface area contributed by atoms with Crippen LogP contribution in [-0.2, 0) is 11.3 Å². The molecule has 20 heavy (non-hydrogen) atoms. The van der Waals surface area contributed by atoms with Crippen LogP contribution in [0.5, 0.6) is 11.5 Å². The molecule has 0 amide bonds. The van der Waals surface area contributed by atoms with Gasteiger partial charge in [-0.05, 0) is 50.3 Å². The monoisotopic (exact) mass is 280 g/mol. The van der Waals surface area contributed by atoms with Gasteiger partial charge in [-0.3, -0.25) is 0 Å². The average molecular weight is 280 g/mol. The maximum atomic E-state index is 9.15. The predicted octanol–water partition coefficient (Wildman–Crippen LogP) is 2.92. The van der Waals surface area contributed by atoms with E-state index in [0.29, 0.717) is 25.1 Å². The Morgan fingerprint density at radius 2 is 2.20 bits per heavy atom. The molecule has 0 aliphatic carbocycles. The van der Waals surface area contributed by atoms with Crippen molar-refractivity contribution >= 4 is 0 Å². The molecule has 1 N–H and O–H groups in total. The minimum absolute atomic E-state index is 0.0133. The van der Waals surface area contributed by atoms with Gasteiger partial charge in [-0.15, -0.1) is 0 Å². The van der Waals surface area contributed by atoms with Crippen LogP contribution in [0.2, 0.25) is 0 Å². The van der Waals surface area contributed by atoms with E-state index in [1.165, 1.54) is 12.8 Å². The fourth-order valence-corrected chi connectivity index (χ4v) is 2.40. The zero-order valence-corrected chi connectivity index (χ0v) is 12.1. The molecule has 1 aliphatic rings. The summed E-state index contributed by atoms with van der Waals surface area (Å²) in [6, 6.07) is 5.56. The van der Waals surface area contributed by atoms with E-state index in [9.17, 15) is 0 Å². The maximum Gasteiger partial charge on any atom is 0.161 e. The summed E-state index contributed by atoms with van der Waals surface area (Å²) in [5.41, 5.74) is 0.833. The number of ether oxygens (including phenoxy) is 3. The van der Waals surface area contributed by atoms with Gasteiger partial charge in [-0.25, -0.2) is 0 Å². The van der Waals surface area contributed by atoms with Crippen LogP contribution in [0.1, 0.15) is 38.2 Å². The Morgan fingerprint density at radius 1 is 1.30 bits per heavy atom. The first-order chi connectivity index (χ1) is 9.83. The highest BCUT2D eigenvalue weighted by Crippen LogP contribution is 2.29. The van der Waals surface area contributed by atoms with Crippen LogP contribution < -0.4 is 9.47 Å². The lowest BCUT2D eigenvalue weighted by atomic mass is 10.1. The minimum atomic E-state index is 0.0133. The Balaban J connectivity index is 1.81. The fraction of sp³-hybridized carbons (Fsp3) is 0.625. The van der Waals surface area contributed by atoms with Crippen molar-refractivity contribution in [3.63, 3.8) is 0 Å². The van der Waals surface area contributed by atoms with E-state index in [0.717, 1.165) is 30.8 Å². The highest BCUT2D eigenvalue weighted by atomic mass is 16.5. The van der Waals surface area contributed by atoms with E-state index in [4.69, 9.17) is 19.3 Å². The second-order valence-electron chi connectivity index (χ2n) is 5.00. The van der Waals surface area contributed by atoms with Gasteiger partial charge >= 0.3 is 0 Å². The summed E-state index contributed by atoms with van der Waals surface area (Å²) in [5.74, 6) is 1.45. The van der Waals surface area contributed by atoms with Crippen molar-refractivity contribution in [2.24, 2.45) is 0 Å². The van der Waals surface area contributed by atoms with Crippen LogP contribution in [0.4, 0.5) is 0 Å². The Kier molecular flexibility index (Phi) is 6.15. The average Bonchev–Trinajstić information content (AvgIpc) is 2.98. The van der Waals surface area contributed by atoms with Crippen LogP contribution in [0.15, 0.2) is 18.2 Å².